The molecule has 1 atom stereocenters. The molecular formula is C20H21BrN2O4. The summed E-state index contributed by atoms with van der Waals surface area (Å²) in [6, 6.07) is 12.0. The van der Waals surface area contributed by atoms with Crippen LogP contribution in [-0.2, 0) is 4.79 Å². The van der Waals surface area contributed by atoms with E-state index in [1.165, 1.54) is 14.2 Å². The summed E-state index contributed by atoms with van der Waals surface area (Å²) in [5.41, 5.74) is 1.26. The van der Waals surface area contributed by atoms with Gasteiger partial charge in [-0.25, -0.2) is 0 Å². The summed E-state index contributed by atoms with van der Waals surface area (Å²) in [6.07, 6.45) is 0. The Hall–Kier alpha value is -2.54. The first-order valence-electron chi connectivity index (χ1n) is 8.55. The molecule has 0 aromatic heterocycles. The van der Waals surface area contributed by atoms with Crippen LogP contribution in [0, 0.1) is 0 Å². The molecule has 6 nitrogen and oxygen atoms in total. The van der Waals surface area contributed by atoms with Crippen LogP contribution in [-0.4, -0.2) is 50.1 Å². The number of amides is 2. The quantitative estimate of drug-likeness (QED) is 0.742. The monoisotopic (exact) mass is 432 g/mol. The predicted molar refractivity (Wildman–Crippen MR) is 107 cm³/mol. The highest BCUT2D eigenvalue weighted by atomic mass is 79.9. The molecule has 142 valence electrons. The lowest BCUT2D eigenvalue weighted by Crippen LogP contribution is -2.57. The molecule has 2 amide bonds. The highest BCUT2D eigenvalue weighted by Crippen LogP contribution is 2.26. The average Bonchev–Trinajstić information content (AvgIpc) is 2.70. The van der Waals surface area contributed by atoms with Crippen LogP contribution < -0.4 is 14.4 Å². The molecule has 1 aliphatic rings. The lowest BCUT2D eigenvalue weighted by molar-refractivity contribution is -0.124. The van der Waals surface area contributed by atoms with Crippen molar-refractivity contribution in [2.24, 2.45) is 0 Å². The number of nitrogens with zero attached hydrogens (tertiary/aromatic N) is 2. The van der Waals surface area contributed by atoms with E-state index >= 15 is 0 Å². The highest BCUT2D eigenvalue weighted by Gasteiger charge is 2.35. The van der Waals surface area contributed by atoms with Crippen molar-refractivity contribution >= 4 is 33.4 Å². The van der Waals surface area contributed by atoms with Gasteiger partial charge < -0.3 is 19.3 Å². The first-order valence-corrected chi connectivity index (χ1v) is 9.35. The van der Waals surface area contributed by atoms with Crippen LogP contribution >= 0.6 is 15.9 Å². The molecule has 1 aliphatic heterocycles. The zero-order valence-electron chi connectivity index (χ0n) is 15.4. The molecule has 0 N–H and O–H groups in total. The van der Waals surface area contributed by atoms with Gasteiger partial charge >= 0.3 is 0 Å². The second-order valence-electron chi connectivity index (χ2n) is 6.24. The Morgan fingerprint density at radius 2 is 1.63 bits per heavy atom. The Morgan fingerprint density at radius 3 is 2.19 bits per heavy atom. The third-order valence-corrected chi connectivity index (χ3v) is 5.18. The molecule has 1 saturated heterocycles. The van der Waals surface area contributed by atoms with Crippen LogP contribution in [0.2, 0.25) is 0 Å². The van der Waals surface area contributed by atoms with Crippen LogP contribution in [0.1, 0.15) is 17.3 Å². The zero-order chi connectivity index (χ0) is 19.6. The van der Waals surface area contributed by atoms with Gasteiger partial charge in [-0.05, 0) is 43.3 Å². The van der Waals surface area contributed by atoms with Gasteiger partial charge in [-0.1, -0.05) is 15.9 Å². The van der Waals surface area contributed by atoms with Crippen molar-refractivity contribution in [1.82, 2.24) is 4.90 Å². The van der Waals surface area contributed by atoms with Gasteiger partial charge in [-0.2, -0.15) is 0 Å². The Balaban J connectivity index is 1.82. The fraction of sp³-hybridized carbons (Fsp3) is 0.300. The summed E-state index contributed by atoms with van der Waals surface area (Å²) in [5, 5.41) is 0. The van der Waals surface area contributed by atoms with Gasteiger partial charge in [0, 0.05) is 34.9 Å². The molecule has 0 spiro atoms. The van der Waals surface area contributed by atoms with Crippen molar-refractivity contribution in [3.63, 3.8) is 0 Å². The number of piperazine rings is 1. The summed E-state index contributed by atoms with van der Waals surface area (Å²) in [4.78, 5) is 29.2. The second-order valence-corrected chi connectivity index (χ2v) is 7.16. The van der Waals surface area contributed by atoms with Crippen LogP contribution in [0.5, 0.6) is 11.5 Å². The molecule has 0 saturated carbocycles. The van der Waals surface area contributed by atoms with Crippen molar-refractivity contribution in [2.75, 3.05) is 32.2 Å². The van der Waals surface area contributed by atoms with Crippen molar-refractivity contribution in [3.05, 3.63) is 52.5 Å². The van der Waals surface area contributed by atoms with E-state index in [0.29, 0.717) is 30.2 Å². The van der Waals surface area contributed by atoms with Gasteiger partial charge in [-0.15, -0.1) is 0 Å². The molecule has 7 heteroatoms. The number of carbonyl (C=O) groups is 2. The number of anilines is 1. The number of hydrogen-bond acceptors (Lipinski definition) is 4. The molecule has 27 heavy (non-hydrogen) atoms. The molecule has 0 unspecified atom stereocenters. The number of hydrogen-bond donors (Lipinski definition) is 0. The van der Waals surface area contributed by atoms with Gasteiger partial charge in [0.2, 0.25) is 5.91 Å². The summed E-state index contributed by atoms with van der Waals surface area (Å²) < 4.78 is 11.4. The molecule has 1 fully saturated rings. The largest absolute Gasteiger partial charge is 0.497 e. The summed E-state index contributed by atoms with van der Waals surface area (Å²) in [6.45, 7) is 2.64. The van der Waals surface area contributed by atoms with Crippen LogP contribution in [0.4, 0.5) is 5.69 Å². The van der Waals surface area contributed by atoms with Gasteiger partial charge in [0.25, 0.3) is 5.91 Å². The van der Waals surface area contributed by atoms with Gasteiger partial charge in [-0.3, -0.25) is 9.59 Å². The minimum absolute atomic E-state index is 0.105. The van der Waals surface area contributed by atoms with E-state index in [1.54, 1.807) is 34.9 Å². The van der Waals surface area contributed by atoms with E-state index in [1.807, 2.05) is 24.3 Å². The Kier molecular flexibility index (Phi) is 5.70. The number of ether oxygens (including phenoxy) is 2. The SMILES string of the molecule is COc1cc(OC)cc(C(=O)N2CCN(c3ccc(Br)cc3)C(=O)[C@@H]2C)c1. The lowest BCUT2D eigenvalue weighted by Gasteiger charge is -2.39. The first kappa shape index (κ1) is 19.2. The molecule has 0 bridgehead atoms. The standard InChI is InChI=1S/C20H21BrN2O4/c1-13-19(24)23(16-6-4-15(21)5-7-16)9-8-22(13)20(25)14-10-17(26-2)12-18(11-14)27-3/h4-7,10-13H,8-9H2,1-3H3/t13-/m0/s1. The Bertz CT molecular complexity index is 831. The lowest BCUT2D eigenvalue weighted by atomic mass is 10.1. The van der Waals surface area contributed by atoms with Crippen LogP contribution in [0.15, 0.2) is 46.9 Å². The number of halogens is 1. The molecule has 1 heterocycles. The fourth-order valence-electron chi connectivity index (χ4n) is 3.12. The smallest absolute Gasteiger partial charge is 0.254 e. The number of methoxy groups -OCH3 is 2. The van der Waals surface area contributed by atoms with Crippen LogP contribution in [0.3, 0.4) is 0 Å². The third-order valence-electron chi connectivity index (χ3n) is 4.65. The van der Waals surface area contributed by atoms with E-state index < -0.39 is 6.04 Å². The van der Waals surface area contributed by atoms with Gasteiger partial charge in [0.15, 0.2) is 0 Å². The fourth-order valence-corrected chi connectivity index (χ4v) is 3.39. The minimum atomic E-state index is -0.563. The molecule has 3 rings (SSSR count). The Labute approximate surface area is 166 Å². The highest BCUT2D eigenvalue weighted by molar-refractivity contribution is 9.10. The van der Waals surface area contributed by atoms with Gasteiger partial charge in [0.1, 0.15) is 17.5 Å². The van der Waals surface area contributed by atoms with E-state index in [0.717, 1.165) is 10.2 Å². The summed E-state index contributed by atoms with van der Waals surface area (Å²) in [7, 11) is 3.07. The van der Waals surface area contributed by atoms with Crippen LogP contribution in [0.25, 0.3) is 0 Å². The van der Waals surface area contributed by atoms with Crippen molar-refractivity contribution < 1.29 is 19.1 Å². The van der Waals surface area contributed by atoms with E-state index in [9.17, 15) is 9.59 Å². The van der Waals surface area contributed by atoms with Crippen molar-refractivity contribution in [3.8, 4) is 11.5 Å². The summed E-state index contributed by atoms with van der Waals surface area (Å²) in [5.74, 6) is 0.741. The second kappa shape index (κ2) is 8.00. The molecular weight excluding hydrogens is 412 g/mol. The van der Waals surface area contributed by atoms with E-state index in [-0.39, 0.29) is 11.8 Å². The topological polar surface area (TPSA) is 59.1 Å². The normalized spacial score (nSPS) is 17.0. The number of carbonyl (C=O) groups excluding carboxylic acids is 2. The van der Waals surface area contributed by atoms with Gasteiger partial charge in [0.05, 0.1) is 14.2 Å². The minimum Gasteiger partial charge on any atom is -0.497 e. The Morgan fingerprint density at radius 1 is 1.04 bits per heavy atom. The van der Waals surface area contributed by atoms with Crippen molar-refractivity contribution in [2.45, 2.75) is 13.0 Å². The molecule has 2 aromatic carbocycles. The van der Waals surface area contributed by atoms with E-state index in [4.69, 9.17) is 9.47 Å². The molecule has 2 aromatic rings. The van der Waals surface area contributed by atoms with E-state index in [2.05, 4.69) is 15.9 Å². The van der Waals surface area contributed by atoms with Crippen molar-refractivity contribution in [1.29, 1.82) is 0 Å². The predicted octanol–water partition coefficient (Wildman–Crippen LogP) is 3.34. The maximum Gasteiger partial charge on any atom is 0.254 e. The number of benzene rings is 2. The molecule has 0 radical (unpaired) electrons. The average molecular weight is 433 g/mol. The maximum absolute atomic E-state index is 13.0. The molecule has 0 aliphatic carbocycles. The first-order chi connectivity index (χ1) is 12.9. The third kappa shape index (κ3) is 3.93. The summed E-state index contributed by atoms with van der Waals surface area (Å²) >= 11 is 3.40. The number of rotatable bonds is 4. The maximum atomic E-state index is 13.0. The zero-order valence-corrected chi connectivity index (χ0v) is 17.0.